The fourth-order valence-corrected chi connectivity index (χ4v) is 4.82. The zero-order chi connectivity index (χ0) is 19.7. The number of para-hydroxylation sites is 2. The second-order valence-electron chi connectivity index (χ2n) is 7.90. The van der Waals surface area contributed by atoms with Crippen molar-refractivity contribution in [3.8, 4) is 11.5 Å². The number of rotatable bonds is 5. The van der Waals surface area contributed by atoms with Gasteiger partial charge >= 0.3 is 0 Å². The molecular formula is C23H28N2O3. The monoisotopic (exact) mass is 380 g/mol. The highest BCUT2D eigenvalue weighted by molar-refractivity contribution is 5.78. The van der Waals surface area contributed by atoms with Gasteiger partial charge < -0.3 is 14.4 Å². The maximum absolute atomic E-state index is 12.8. The quantitative estimate of drug-likeness (QED) is 0.799. The van der Waals surface area contributed by atoms with Crippen LogP contribution in [0.5, 0.6) is 11.5 Å². The van der Waals surface area contributed by atoms with Gasteiger partial charge in [0.1, 0.15) is 0 Å². The summed E-state index contributed by atoms with van der Waals surface area (Å²) >= 11 is 0. The lowest BCUT2D eigenvalue weighted by Gasteiger charge is -2.28. The summed E-state index contributed by atoms with van der Waals surface area (Å²) in [5.74, 6) is 2.29. The summed E-state index contributed by atoms with van der Waals surface area (Å²) < 4.78 is 11.0. The summed E-state index contributed by atoms with van der Waals surface area (Å²) in [4.78, 5) is 17.2. The SMILES string of the molecule is COc1ccccc1OCC(=O)N1C[C@@H]2CN(C)[C@@H](c3ccccc3C)[C@@H]2C1. The van der Waals surface area contributed by atoms with Gasteiger partial charge in [-0.1, -0.05) is 36.4 Å². The van der Waals surface area contributed by atoms with Crippen molar-refractivity contribution in [2.24, 2.45) is 11.8 Å². The lowest BCUT2D eigenvalue weighted by Crippen LogP contribution is -2.36. The zero-order valence-corrected chi connectivity index (χ0v) is 16.8. The van der Waals surface area contributed by atoms with Crippen LogP contribution < -0.4 is 9.47 Å². The Bertz CT molecular complexity index is 853. The van der Waals surface area contributed by atoms with E-state index in [-0.39, 0.29) is 12.5 Å². The molecule has 5 heteroatoms. The van der Waals surface area contributed by atoms with Gasteiger partial charge in [0.25, 0.3) is 5.91 Å². The van der Waals surface area contributed by atoms with E-state index < -0.39 is 0 Å². The van der Waals surface area contributed by atoms with Crippen LogP contribution in [-0.4, -0.2) is 56.1 Å². The minimum atomic E-state index is 0.0463. The highest BCUT2D eigenvalue weighted by Crippen LogP contribution is 2.44. The van der Waals surface area contributed by atoms with Crippen molar-refractivity contribution in [2.45, 2.75) is 13.0 Å². The van der Waals surface area contributed by atoms with Gasteiger partial charge in [-0.3, -0.25) is 9.69 Å². The second-order valence-corrected chi connectivity index (χ2v) is 7.90. The van der Waals surface area contributed by atoms with E-state index in [0.29, 0.717) is 29.4 Å². The Morgan fingerprint density at radius 1 is 1.04 bits per heavy atom. The summed E-state index contributed by atoms with van der Waals surface area (Å²) in [6.07, 6.45) is 0. The number of benzene rings is 2. The summed E-state index contributed by atoms with van der Waals surface area (Å²) in [7, 11) is 3.81. The highest BCUT2D eigenvalue weighted by atomic mass is 16.5. The first-order chi connectivity index (χ1) is 13.6. The Balaban J connectivity index is 1.42. The Labute approximate surface area is 166 Å². The van der Waals surface area contributed by atoms with Gasteiger partial charge in [0.15, 0.2) is 18.1 Å². The van der Waals surface area contributed by atoms with Crippen LogP contribution in [0.2, 0.25) is 0 Å². The van der Waals surface area contributed by atoms with Crippen LogP contribution in [0.4, 0.5) is 0 Å². The molecule has 5 nitrogen and oxygen atoms in total. The molecule has 0 aliphatic carbocycles. The predicted molar refractivity (Wildman–Crippen MR) is 109 cm³/mol. The fourth-order valence-electron chi connectivity index (χ4n) is 4.82. The largest absolute Gasteiger partial charge is 0.493 e. The average Bonchev–Trinajstić information content (AvgIpc) is 3.24. The summed E-state index contributed by atoms with van der Waals surface area (Å²) in [5.41, 5.74) is 2.71. The Morgan fingerprint density at radius 2 is 1.75 bits per heavy atom. The molecule has 2 heterocycles. The van der Waals surface area contributed by atoms with Crippen LogP contribution in [0, 0.1) is 18.8 Å². The topological polar surface area (TPSA) is 42.0 Å². The number of methoxy groups -OCH3 is 1. The molecule has 4 rings (SSSR count). The molecule has 2 aliphatic heterocycles. The predicted octanol–water partition coefficient (Wildman–Crippen LogP) is 3.14. The van der Waals surface area contributed by atoms with Crippen LogP contribution in [0.1, 0.15) is 17.2 Å². The van der Waals surface area contributed by atoms with E-state index in [1.54, 1.807) is 7.11 Å². The zero-order valence-electron chi connectivity index (χ0n) is 16.8. The van der Waals surface area contributed by atoms with Crippen molar-refractivity contribution in [1.29, 1.82) is 0 Å². The third-order valence-electron chi connectivity index (χ3n) is 6.17. The summed E-state index contributed by atoms with van der Waals surface area (Å²) in [6.45, 7) is 4.86. The molecule has 1 amide bonds. The van der Waals surface area contributed by atoms with E-state index >= 15 is 0 Å². The van der Waals surface area contributed by atoms with Crippen LogP contribution in [-0.2, 0) is 4.79 Å². The number of hydrogen-bond acceptors (Lipinski definition) is 4. The fraction of sp³-hybridized carbons (Fsp3) is 0.435. The molecule has 2 fully saturated rings. The third-order valence-corrected chi connectivity index (χ3v) is 6.17. The number of fused-ring (bicyclic) bond motifs is 1. The van der Waals surface area contributed by atoms with Gasteiger partial charge in [0.2, 0.25) is 0 Å². The third kappa shape index (κ3) is 3.47. The van der Waals surface area contributed by atoms with Gasteiger partial charge in [0.05, 0.1) is 7.11 Å². The van der Waals surface area contributed by atoms with Gasteiger partial charge in [-0.05, 0) is 43.1 Å². The highest BCUT2D eigenvalue weighted by Gasteiger charge is 2.47. The molecule has 28 heavy (non-hydrogen) atoms. The molecule has 0 unspecified atom stereocenters. The van der Waals surface area contributed by atoms with Crippen molar-refractivity contribution in [1.82, 2.24) is 9.80 Å². The molecule has 0 spiro atoms. The molecule has 2 aromatic carbocycles. The maximum Gasteiger partial charge on any atom is 0.260 e. The molecule has 0 saturated carbocycles. The molecule has 0 N–H and O–H groups in total. The van der Waals surface area contributed by atoms with E-state index in [4.69, 9.17) is 9.47 Å². The number of ether oxygens (including phenoxy) is 2. The molecule has 2 aliphatic rings. The molecular weight excluding hydrogens is 352 g/mol. The first kappa shape index (κ1) is 18.8. The Hall–Kier alpha value is -2.53. The van der Waals surface area contributed by atoms with Crippen LogP contribution in [0.25, 0.3) is 0 Å². The molecule has 2 saturated heterocycles. The molecule has 0 bridgehead atoms. The van der Waals surface area contributed by atoms with Crippen molar-refractivity contribution in [3.63, 3.8) is 0 Å². The van der Waals surface area contributed by atoms with Crippen molar-refractivity contribution in [2.75, 3.05) is 40.4 Å². The number of likely N-dealkylation sites (tertiary alicyclic amines) is 2. The van der Waals surface area contributed by atoms with Crippen molar-refractivity contribution >= 4 is 5.91 Å². The lowest BCUT2D eigenvalue weighted by molar-refractivity contribution is -0.132. The smallest absolute Gasteiger partial charge is 0.260 e. The summed E-state index contributed by atoms with van der Waals surface area (Å²) in [6, 6.07) is 16.4. The average molecular weight is 380 g/mol. The van der Waals surface area contributed by atoms with E-state index in [0.717, 1.165) is 19.6 Å². The molecule has 148 valence electrons. The molecule has 3 atom stereocenters. The van der Waals surface area contributed by atoms with Gasteiger partial charge in [-0.2, -0.15) is 0 Å². The number of aryl methyl sites for hydroxylation is 1. The van der Waals surface area contributed by atoms with E-state index in [9.17, 15) is 4.79 Å². The standard InChI is InChI=1S/C23H28N2O3/c1-16-8-4-5-9-18(16)23-19-14-25(13-17(19)12-24(23)2)22(26)15-28-21-11-7-6-10-20(21)27-3/h4-11,17,19,23H,12-15H2,1-3H3/t17-,19+,23-/m0/s1. The summed E-state index contributed by atoms with van der Waals surface area (Å²) in [5, 5.41) is 0. The Kier molecular flexibility index (Phi) is 5.27. The number of carbonyl (C=O) groups excluding carboxylic acids is 1. The normalized spacial score (nSPS) is 24.2. The van der Waals surface area contributed by atoms with E-state index in [2.05, 4.69) is 43.1 Å². The van der Waals surface area contributed by atoms with Gasteiger partial charge in [-0.15, -0.1) is 0 Å². The van der Waals surface area contributed by atoms with Crippen LogP contribution >= 0.6 is 0 Å². The molecule has 0 aromatic heterocycles. The minimum Gasteiger partial charge on any atom is -0.493 e. The lowest BCUT2D eigenvalue weighted by atomic mass is 9.88. The van der Waals surface area contributed by atoms with E-state index in [1.165, 1.54) is 11.1 Å². The Morgan fingerprint density at radius 3 is 2.50 bits per heavy atom. The molecule has 2 aromatic rings. The van der Waals surface area contributed by atoms with Crippen molar-refractivity contribution < 1.29 is 14.3 Å². The first-order valence-corrected chi connectivity index (χ1v) is 9.88. The number of amides is 1. The number of hydrogen-bond donors (Lipinski definition) is 0. The van der Waals surface area contributed by atoms with Crippen LogP contribution in [0.3, 0.4) is 0 Å². The number of carbonyl (C=O) groups is 1. The maximum atomic E-state index is 12.8. The first-order valence-electron chi connectivity index (χ1n) is 9.88. The second kappa shape index (κ2) is 7.84. The van der Waals surface area contributed by atoms with Crippen LogP contribution in [0.15, 0.2) is 48.5 Å². The van der Waals surface area contributed by atoms with Gasteiger partial charge in [-0.25, -0.2) is 0 Å². The molecule has 0 radical (unpaired) electrons. The minimum absolute atomic E-state index is 0.0463. The van der Waals surface area contributed by atoms with E-state index in [1.807, 2.05) is 29.2 Å². The van der Waals surface area contributed by atoms with Crippen molar-refractivity contribution in [3.05, 3.63) is 59.7 Å². The number of nitrogens with zero attached hydrogens (tertiary/aromatic N) is 2. The van der Waals surface area contributed by atoms with Gasteiger partial charge in [0, 0.05) is 31.6 Å².